The highest BCUT2D eigenvalue weighted by atomic mass is 79.9. The van der Waals surface area contributed by atoms with Gasteiger partial charge in [-0.2, -0.15) is 0 Å². The van der Waals surface area contributed by atoms with Gasteiger partial charge in [0.2, 0.25) is 5.91 Å². The lowest BCUT2D eigenvalue weighted by atomic mass is 10.2. The molecule has 0 spiro atoms. The number of nitrogens with one attached hydrogen (secondary N) is 2. The molecule has 0 saturated carbocycles. The molecule has 0 radical (unpaired) electrons. The molecule has 0 aliphatic rings. The second-order valence-corrected chi connectivity index (χ2v) is 7.75. The molecule has 1 aromatic heterocycles. The molecular formula is C18H13BrCl2FN5O2. The zero-order chi connectivity index (χ0) is 21.1. The lowest BCUT2D eigenvalue weighted by molar-refractivity contribution is -0.117. The van der Waals surface area contributed by atoms with Crippen molar-refractivity contribution < 1.29 is 14.0 Å². The monoisotopic (exact) mass is 499 g/mol. The van der Waals surface area contributed by atoms with Crippen LogP contribution in [0.3, 0.4) is 0 Å². The van der Waals surface area contributed by atoms with Crippen molar-refractivity contribution in [2.24, 2.45) is 0 Å². The minimum Gasteiger partial charge on any atom is -0.322 e. The van der Waals surface area contributed by atoms with Crippen molar-refractivity contribution in [3.63, 3.8) is 0 Å². The van der Waals surface area contributed by atoms with Gasteiger partial charge in [0.25, 0.3) is 5.91 Å². The number of carbonyl (C=O) groups is 2. The van der Waals surface area contributed by atoms with E-state index in [4.69, 9.17) is 23.2 Å². The van der Waals surface area contributed by atoms with Crippen molar-refractivity contribution in [3.8, 4) is 0 Å². The number of amides is 2. The summed E-state index contributed by atoms with van der Waals surface area (Å²) in [4.78, 5) is 24.7. The first kappa shape index (κ1) is 21.2. The number of halogens is 4. The zero-order valence-electron chi connectivity index (χ0n) is 14.8. The molecule has 11 heteroatoms. The number of rotatable bonds is 5. The Labute approximate surface area is 183 Å². The van der Waals surface area contributed by atoms with Crippen LogP contribution in [-0.4, -0.2) is 26.8 Å². The molecule has 3 rings (SSSR count). The van der Waals surface area contributed by atoms with E-state index in [1.807, 2.05) is 0 Å². The molecule has 150 valence electrons. The molecule has 1 heterocycles. The third kappa shape index (κ3) is 5.31. The Morgan fingerprint density at radius 1 is 1.14 bits per heavy atom. The van der Waals surface area contributed by atoms with Gasteiger partial charge >= 0.3 is 0 Å². The van der Waals surface area contributed by atoms with Crippen LogP contribution in [0.5, 0.6) is 0 Å². The van der Waals surface area contributed by atoms with Crippen LogP contribution in [0, 0.1) is 12.7 Å². The van der Waals surface area contributed by atoms with Crippen molar-refractivity contribution in [2.75, 3.05) is 10.6 Å². The number of carbonyl (C=O) groups excluding carboxylic acids is 2. The van der Waals surface area contributed by atoms with Gasteiger partial charge in [0.05, 0.1) is 11.4 Å². The van der Waals surface area contributed by atoms with E-state index in [0.29, 0.717) is 25.9 Å². The molecule has 2 aromatic carbocycles. The first-order valence-electron chi connectivity index (χ1n) is 8.15. The van der Waals surface area contributed by atoms with E-state index in [2.05, 4.69) is 36.9 Å². The Morgan fingerprint density at radius 3 is 2.48 bits per heavy atom. The van der Waals surface area contributed by atoms with Gasteiger partial charge in [-0.25, -0.2) is 9.07 Å². The Kier molecular flexibility index (Phi) is 6.51. The normalized spacial score (nSPS) is 10.7. The van der Waals surface area contributed by atoms with Crippen LogP contribution in [0.4, 0.5) is 15.8 Å². The lowest BCUT2D eigenvalue weighted by Crippen LogP contribution is -2.21. The first-order valence-corrected chi connectivity index (χ1v) is 9.70. The van der Waals surface area contributed by atoms with Gasteiger partial charge in [-0.1, -0.05) is 44.3 Å². The molecule has 0 aliphatic heterocycles. The molecule has 29 heavy (non-hydrogen) atoms. The fourth-order valence-corrected chi connectivity index (χ4v) is 3.31. The summed E-state index contributed by atoms with van der Waals surface area (Å²) in [6.45, 7) is 1.35. The second kappa shape index (κ2) is 8.89. The smallest absolute Gasteiger partial charge is 0.278 e. The van der Waals surface area contributed by atoms with Gasteiger partial charge in [-0.15, -0.1) is 5.10 Å². The topological polar surface area (TPSA) is 88.9 Å². The summed E-state index contributed by atoms with van der Waals surface area (Å²) in [6.07, 6.45) is 0. The van der Waals surface area contributed by atoms with E-state index in [1.54, 1.807) is 13.0 Å². The van der Waals surface area contributed by atoms with Gasteiger partial charge in [0, 0.05) is 20.2 Å². The summed E-state index contributed by atoms with van der Waals surface area (Å²) >= 11 is 15.0. The van der Waals surface area contributed by atoms with Gasteiger partial charge in [0.15, 0.2) is 5.69 Å². The predicted molar refractivity (Wildman–Crippen MR) is 112 cm³/mol. The summed E-state index contributed by atoms with van der Waals surface area (Å²) in [5, 5.41) is 13.4. The largest absolute Gasteiger partial charge is 0.322 e. The van der Waals surface area contributed by atoms with Crippen LogP contribution in [0.25, 0.3) is 0 Å². The van der Waals surface area contributed by atoms with Crippen LogP contribution in [0.2, 0.25) is 10.0 Å². The van der Waals surface area contributed by atoms with Crippen LogP contribution >= 0.6 is 39.1 Å². The number of nitrogens with zero attached hydrogens (tertiary/aromatic N) is 3. The number of hydrogen-bond acceptors (Lipinski definition) is 4. The van der Waals surface area contributed by atoms with E-state index >= 15 is 0 Å². The van der Waals surface area contributed by atoms with Crippen molar-refractivity contribution in [1.82, 2.24) is 15.0 Å². The van der Waals surface area contributed by atoms with Gasteiger partial charge in [-0.3, -0.25) is 9.59 Å². The third-order valence-electron chi connectivity index (χ3n) is 3.82. The van der Waals surface area contributed by atoms with Crippen molar-refractivity contribution >= 4 is 62.3 Å². The molecule has 0 fully saturated rings. The van der Waals surface area contributed by atoms with E-state index in [1.165, 1.54) is 35.0 Å². The predicted octanol–water partition coefficient (Wildman–Crippen LogP) is 4.69. The maximum Gasteiger partial charge on any atom is 0.278 e. The number of benzene rings is 2. The fourth-order valence-electron chi connectivity index (χ4n) is 2.45. The molecule has 7 nitrogen and oxygen atoms in total. The standard InChI is InChI=1S/C18H13BrCl2FN5O2/c1-9-17(18(29)23-13-6-11(20)5-12(21)7-13)25-26-27(9)8-16(28)24-15-3-2-10(19)4-14(15)22/h2-7H,8H2,1H3,(H,23,29)(H,24,28). The minimum absolute atomic E-state index is 0.0312. The minimum atomic E-state index is -0.580. The van der Waals surface area contributed by atoms with E-state index in [-0.39, 0.29) is 17.9 Å². The highest BCUT2D eigenvalue weighted by Crippen LogP contribution is 2.23. The molecule has 0 bridgehead atoms. The molecule has 0 aliphatic carbocycles. The Bertz CT molecular complexity index is 1090. The average molecular weight is 501 g/mol. The van der Waals surface area contributed by atoms with Crippen LogP contribution in [0.15, 0.2) is 40.9 Å². The highest BCUT2D eigenvalue weighted by Gasteiger charge is 2.19. The van der Waals surface area contributed by atoms with Crippen molar-refractivity contribution in [1.29, 1.82) is 0 Å². The zero-order valence-corrected chi connectivity index (χ0v) is 17.9. The SMILES string of the molecule is Cc1c(C(=O)Nc2cc(Cl)cc(Cl)c2)nnn1CC(=O)Nc1ccc(Br)cc1F. The highest BCUT2D eigenvalue weighted by molar-refractivity contribution is 9.10. The molecule has 2 amide bonds. The van der Waals surface area contributed by atoms with Crippen molar-refractivity contribution in [3.05, 3.63) is 68.1 Å². The van der Waals surface area contributed by atoms with Gasteiger partial charge in [-0.05, 0) is 43.3 Å². The Morgan fingerprint density at radius 2 is 1.83 bits per heavy atom. The van der Waals surface area contributed by atoms with Crippen molar-refractivity contribution in [2.45, 2.75) is 13.5 Å². The lowest BCUT2D eigenvalue weighted by Gasteiger charge is -2.08. The summed E-state index contributed by atoms with van der Waals surface area (Å²) in [5.41, 5.74) is 0.822. The maximum atomic E-state index is 13.9. The molecule has 2 N–H and O–H groups in total. The second-order valence-electron chi connectivity index (χ2n) is 5.97. The van der Waals surface area contributed by atoms with Crippen LogP contribution in [-0.2, 0) is 11.3 Å². The quantitative estimate of drug-likeness (QED) is 0.532. The Balaban J connectivity index is 1.69. The van der Waals surface area contributed by atoms with E-state index < -0.39 is 17.6 Å². The fraction of sp³-hybridized carbons (Fsp3) is 0.111. The summed E-state index contributed by atoms with van der Waals surface area (Å²) in [5.74, 6) is -1.64. The number of anilines is 2. The molecule has 0 unspecified atom stereocenters. The molecule has 3 aromatic rings. The molecule has 0 atom stereocenters. The molecule has 0 saturated heterocycles. The van der Waals surface area contributed by atoms with Crippen LogP contribution < -0.4 is 10.6 Å². The molecular weight excluding hydrogens is 488 g/mol. The number of hydrogen-bond donors (Lipinski definition) is 2. The Hall–Kier alpha value is -2.49. The number of aromatic nitrogens is 3. The third-order valence-corrected chi connectivity index (χ3v) is 4.75. The van der Waals surface area contributed by atoms with E-state index in [9.17, 15) is 14.0 Å². The van der Waals surface area contributed by atoms with Crippen LogP contribution in [0.1, 0.15) is 16.2 Å². The summed E-state index contributed by atoms with van der Waals surface area (Å²) in [6, 6.07) is 8.87. The summed E-state index contributed by atoms with van der Waals surface area (Å²) in [7, 11) is 0. The average Bonchev–Trinajstić information content (AvgIpc) is 2.97. The first-order chi connectivity index (χ1) is 13.7. The maximum absolute atomic E-state index is 13.9. The van der Waals surface area contributed by atoms with Gasteiger partial charge < -0.3 is 10.6 Å². The van der Waals surface area contributed by atoms with E-state index in [0.717, 1.165) is 0 Å². The summed E-state index contributed by atoms with van der Waals surface area (Å²) < 4.78 is 15.6. The van der Waals surface area contributed by atoms with Gasteiger partial charge in [0.1, 0.15) is 12.4 Å².